The molecule has 0 fully saturated rings. The molecule has 0 atom stereocenters. The van der Waals surface area contributed by atoms with Crippen molar-refractivity contribution in [1.82, 2.24) is 4.98 Å². The minimum absolute atomic E-state index is 0.0450. The maximum Gasteiger partial charge on any atom is 0.311 e. The van der Waals surface area contributed by atoms with Crippen molar-refractivity contribution < 1.29 is 18.3 Å². The Labute approximate surface area is 95.8 Å². The maximum atomic E-state index is 12.6. The molecule has 5 nitrogen and oxygen atoms in total. The van der Waals surface area contributed by atoms with E-state index in [9.17, 15) is 13.6 Å². The lowest BCUT2D eigenvalue weighted by Crippen LogP contribution is -2.10. The molecule has 0 unspecified atom stereocenters. The van der Waals surface area contributed by atoms with E-state index >= 15 is 0 Å². The third-order valence-electron chi connectivity index (χ3n) is 2.03. The van der Waals surface area contributed by atoms with E-state index in [1.165, 1.54) is 7.11 Å². The molecular formula is C10H9F2N3O2. The van der Waals surface area contributed by atoms with E-state index in [4.69, 9.17) is 11.0 Å². The first-order chi connectivity index (χ1) is 7.99. The second-order valence-electron chi connectivity index (χ2n) is 3.13. The van der Waals surface area contributed by atoms with Gasteiger partial charge < -0.3 is 10.5 Å². The molecule has 2 N–H and O–H groups in total. The molecule has 1 aromatic rings. The summed E-state index contributed by atoms with van der Waals surface area (Å²) in [6, 6.07) is 2.54. The zero-order valence-electron chi connectivity index (χ0n) is 8.91. The number of esters is 1. The van der Waals surface area contributed by atoms with Gasteiger partial charge in [-0.2, -0.15) is 5.26 Å². The normalized spacial score (nSPS) is 10.1. The van der Waals surface area contributed by atoms with Crippen molar-refractivity contribution in [2.45, 2.75) is 12.8 Å². The SMILES string of the molecule is COC(=O)Cc1cc(C(F)F)c(C#N)c(N)n1. The number of nitrogens with two attached hydrogens (primary N) is 1. The lowest BCUT2D eigenvalue weighted by Gasteiger charge is -2.08. The fourth-order valence-electron chi connectivity index (χ4n) is 1.25. The van der Waals surface area contributed by atoms with Gasteiger partial charge >= 0.3 is 5.97 Å². The Balaban J connectivity index is 3.21. The molecule has 1 rings (SSSR count). The van der Waals surface area contributed by atoms with Crippen LogP contribution in [0.3, 0.4) is 0 Å². The minimum Gasteiger partial charge on any atom is -0.469 e. The lowest BCUT2D eigenvalue weighted by molar-refractivity contribution is -0.139. The van der Waals surface area contributed by atoms with Gasteiger partial charge in [-0.3, -0.25) is 4.79 Å². The van der Waals surface area contributed by atoms with Crippen LogP contribution in [0.5, 0.6) is 0 Å². The van der Waals surface area contributed by atoms with E-state index in [2.05, 4.69) is 9.72 Å². The molecule has 0 amide bonds. The van der Waals surface area contributed by atoms with Crippen LogP contribution < -0.4 is 5.73 Å². The number of nitriles is 1. The molecule has 0 saturated carbocycles. The van der Waals surface area contributed by atoms with Crippen LogP contribution in [0.15, 0.2) is 6.07 Å². The summed E-state index contributed by atoms with van der Waals surface area (Å²) in [4.78, 5) is 14.7. The Kier molecular flexibility index (Phi) is 3.93. The van der Waals surface area contributed by atoms with Gasteiger partial charge in [0.1, 0.15) is 17.5 Å². The number of pyridine rings is 1. The Hall–Kier alpha value is -2.23. The summed E-state index contributed by atoms with van der Waals surface area (Å²) in [7, 11) is 1.17. The number of nitrogens with zero attached hydrogens (tertiary/aromatic N) is 2. The van der Waals surface area contributed by atoms with Crippen molar-refractivity contribution in [2.75, 3.05) is 12.8 Å². The van der Waals surface area contributed by atoms with Gasteiger partial charge in [-0.1, -0.05) is 0 Å². The van der Waals surface area contributed by atoms with Crippen LogP contribution in [0.1, 0.15) is 23.2 Å². The fraction of sp³-hybridized carbons (Fsp3) is 0.300. The number of hydrogen-bond acceptors (Lipinski definition) is 5. The zero-order chi connectivity index (χ0) is 13.0. The first kappa shape index (κ1) is 12.8. The van der Waals surface area contributed by atoms with Crippen molar-refractivity contribution >= 4 is 11.8 Å². The van der Waals surface area contributed by atoms with Crippen LogP contribution in [0.25, 0.3) is 0 Å². The highest BCUT2D eigenvalue weighted by atomic mass is 19.3. The maximum absolute atomic E-state index is 12.6. The topological polar surface area (TPSA) is 89.0 Å². The van der Waals surface area contributed by atoms with E-state index in [1.54, 1.807) is 6.07 Å². The molecule has 0 aliphatic heterocycles. The summed E-state index contributed by atoms with van der Waals surface area (Å²) in [5.41, 5.74) is 4.52. The van der Waals surface area contributed by atoms with Crippen LogP contribution in [0.4, 0.5) is 14.6 Å². The smallest absolute Gasteiger partial charge is 0.311 e. The molecule has 0 aliphatic carbocycles. The molecule has 0 spiro atoms. The molecule has 0 aromatic carbocycles. The monoisotopic (exact) mass is 241 g/mol. The molecule has 0 saturated heterocycles. The quantitative estimate of drug-likeness (QED) is 0.803. The van der Waals surface area contributed by atoms with E-state index in [-0.39, 0.29) is 23.5 Å². The highest BCUT2D eigenvalue weighted by Gasteiger charge is 2.19. The highest BCUT2D eigenvalue weighted by molar-refractivity contribution is 5.72. The van der Waals surface area contributed by atoms with Crippen molar-refractivity contribution in [3.8, 4) is 6.07 Å². The Morgan fingerprint density at radius 3 is 2.82 bits per heavy atom. The summed E-state index contributed by atoms with van der Waals surface area (Å²) in [5, 5.41) is 8.67. The van der Waals surface area contributed by atoms with Gasteiger partial charge in [0.15, 0.2) is 0 Å². The summed E-state index contributed by atoms with van der Waals surface area (Å²) >= 11 is 0. The summed E-state index contributed by atoms with van der Waals surface area (Å²) in [6.45, 7) is 0. The second kappa shape index (κ2) is 5.21. The lowest BCUT2D eigenvalue weighted by atomic mass is 10.1. The van der Waals surface area contributed by atoms with Gasteiger partial charge in [0.25, 0.3) is 6.43 Å². The molecule has 0 aliphatic rings. The number of anilines is 1. The van der Waals surface area contributed by atoms with Crippen LogP contribution in [0.2, 0.25) is 0 Å². The fourth-order valence-corrected chi connectivity index (χ4v) is 1.25. The highest BCUT2D eigenvalue weighted by Crippen LogP contribution is 2.26. The molecule has 1 aromatic heterocycles. The van der Waals surface area contributed by atoms with Crippen molar-refractivity contribution in [3.63, 3.8) is 0 Å². The van der Waals surface area contributed by atoms with E-state index in [0.717, 1.165) is 6.07 Å². The van der Waals surface area contributed by atoms with Crippen molar-refractivity contribution in [1.29, 1.82) is 5.26 Å². The van der Waals surface area contributed by atoms with Crippen LogP contribution in [0, 0.1) is 11.3 Å². The summed E-state index contributed by atoms with van der Waals surface area (Å²) in [5.74, 6) is -0.939. The Morgan fingerprint density at radius 1 is 1.71 bits per heavy atom. The van der Waals surface area contributed by atoms with Crippen LogP contribution in [-0.2, 0) is 16.0 Å². The van der Waals surface area contributed by atoms with E-state index in [1.807, 2.05) is 0 Å². The minimum atomic E-state index is -2.86. The van der Waals surface area contributed by atoms with Crippen LogP contribution in [-0.4, -0.2) is 18.1 Å². The number of aromatic nitrogens is 1. The predicted octanol–water partition coefficient (Wildman–Crippen LogP) is 1.19. The average Bonchev–Trinajstić information content (AvgIpc) is 2.28. The van der Waals surface area contributed by atoms with Gasteiger partial charge in [0.2, 0.25) is 0 Å². The van der Waals surface area contributed by atoms with E-state index in [0.29, 0.717) is 0 Å². The molecule has 17 heavy (non-hydrogen) atoms. The molecule has 7 heteroatoms. The molecule has 0 radical (unpaired) electrons. The van der Waals surface area contributed by atoms with Gasteiger partial charge in [0, 0.05) is 5.56 Å². The summed E-state index contributed by atoms with van der Waals surface area (Å²) in [6.07, 6.45) is -3.13. The standard InChI is InChI=1S/C10H9F2N3O2/c1-17-8(16)3-5-2-6(9(11)12)7(4-13)10(14)15-5/h2,9H,3H2,1H3,(H2,14,15). The van der Waals surface area contributed by atoms with Crippen molar-refractivity contribution in [3.05, 3.63) is 22.9 Å². The van der Waals surface area contributed by atoms with Gasteiger partial charge in [-0.25, -0.2) is 13.8 Å². The van der Waals surface area contributed by atoms with Crippen molar-refractivity contribution in [2.24, 2.45) is 0 Å². The third-order valence-corrected chi connectivity index (χ3v) is 2.03. The van der Waals surface area contributed by atoms with Crippen LogP contribution >= 0.6 is 0 Å². The van der Waals surface area contributed by atoms with Gasteiger partial charge in [-0.15, -0.1) is 0 Å². The third kappa shape index (κ3) is 2.87. The summed E-state index contributed by atoms with van der Waals surface area (Å²) < 4.78 is 29.7. The molecule has 90 valence electrons. The molecule has 0 bridgehead atoms. The largest absolute Gasteiger partial charge is 0.469 e. The zero-order valence-corrected chi connectivity index (χ0v) is 8.91. The van der Waals surface area contributed by atoms with Gasteiger partial charge in [0.05, 0.1) is 19.2 Å². The van der Waals surface area contributed by atoms with E-state index < -0.39 is 18.0 Å². The first-order valence-electron chi connectivity index (χ1n) is 4.54. The average molecular weight is 241 g/mol. The van der Waals surface area contributed by atoms with Gasteiger partial charge in [-0.05, 0) is 6.07 Å². The number of carbonyl (C=O) groups is 1. The first-order valence-corrected chi connectivity index (χ1v) is 4.54. The number of alkyl halides is 2. The second-order valence-corrected chi connectivity index (χ2v) is 3.13. The molecular weight excluding hydrogens is 232 g/mol. The number of nitrogen functional groups attached to an aromatic ring is 1. The molecule has 1 heterocycles. The Morgan fingerprint density at radius 2 is 2.35 bits per heavy atom. The predicted molar refractivity (Wildman–Crippen MR) is 54.0 cm³/mol. The number of halogens is 2. The Bertz CT molecular complexity index is 483. The number of ether oxygens (including phenoxy) is 1. The number of hydrogen-bond donors (Lipinski definition) is 1. The number of methoxy groups -OCH3 is 1. The number of carbonyl (C=O) groups excluding carboxylic acids is 1. The number of rotatable bonds is 3.